The molecule has 2 aliphatic heterocycles. The number of H-pyrrole nitrogens is 1. The van der Waals surface area contributed by atoms with E-state index in [1.54, 1.807) is 6.20 Å². The number of nitrogens with zero attached hydrogens (tertiary/aromatic N) is 5. The van der Waals surface area contributed by atoms with E-state index in [1.165, 1.54) is 30.5 Å². The van der Waals surface area contributed by atoms with Crippen LogP contribution in [0.3, 0.4) is 0 Å². The number of rotatable bonds is 6. The molecule has 8 heteroatoms. The molecule has 1 saturated carbocycles. The first-order valence-corrected chi connectivity index (χ1v) is 12.5. The van der Waals surface area contributed by atoms with E-state index in [4.69, 9.17) is 0 Å². The first-order valence-electron chi connectivity index (χ1n) is 12.5. The number of anilines is 1. The van der Waals surface area contributed by atoms with Crippen LogP contribution in [0.25, 0.3) is 23.2 Å². The quantitative estimate of drug-likeness (QED) is 0.591. The molecule has 2 N–H and O–H groups in total. The van der Waals surface area contributed by atoms with Gasteiger partial charge in [0.25, 0.3) is 0 Å². The van der Waals surface area contributed by atoms with Gasteiger partial charge in [-0.25, -0.2) is 4.98 Å². The second-order valence-corrected chi connectivity index (χ2v) is 9.66. The molecule has 2 saturated heterocycles. The zero-order valence-electron chi connectivity index (χ0n) is 19.4. The third kappa shape index (κ3) is 4.30. The molecule has 5 heterocycles. The molecular weight excluding hydrogens is 426 g/mol. The van der Waals surface area contributed by atoms with Crippen molar-refractivity contribution < 1.29 is 4.79 Å². The molecule has 3 aromatic heterocycles. The Hall–Kier alpha value is -3.26. The summed E-state index contributed by atoms with van der Waals surface area (Å²) >= 11 is 0. The molecule has 1 amide bonds. The van der Waals surface area contributed by atoms with E-state index in [1.807, 2.05) is 29.4 Å². The Labute approximate surface area is 199 Å². The van der Waals surface area contributed by atoms with Gasteiger partial charge in [-0.3, -0.25) is 14.9 Å². The van der Waals surface area contributed by atoms with Crippen LogP contribution < -0.4 is 10.2 Å². The highest BCUT2D eigenvalue weighted by atomic mass is 16.2. The maximum atomic E-state index is 12.9. The van der Waals surface area contributed by atoms with Crippen molar-refractivity contribution in [3.8, 4) is 0 Å². The van der Waals surface area contributed by atoms with E-state index in [-0.39, 0.29) is 5.91 Å². The molecule has 176 valence electrons. The van der Waals surface area contributed by atoms with Crippen molar-refractivity contribution >= 4 is 34.8 Å². The largest absolute Gasteiger partial charge is 0.367 e. The second kappa shape index (κ2) is 9.18. The van der Waals surface area contributed by atoms with Crippen LogP contribution in [0.4, 0.5) is 5.69 Å². The Bertz CT molecular complexity index is 1190. The van der Waals surface area contributed by atoms with Gasteiger partial charge in [0.1, 0.15) is 0 Å². The molecule has 3 aromatic rings. The van der Waals surface area contributed by atoms with Crippen LogP contribution in [-0.2, 0) is 4.79 Å². The number of pyridine rings is 2. The molecule has 6 rings (SSSR count). The fraction of sp³-hybridized carbons (Fsp3) is 0.462. The lowest BCUT2D eigenvalue weighted by Gasteiger charge is -2.37. The van der Waals surface area contributed by atoms with E-state index < -0.39 is 0 Å². The minimum absolute atomic E-state index is 0.282. The van der Waals surface area contributed by atoms with Gasteiger partial charge < -0.3 is 15.1 Å². The Kier molecular flexibility index (Phi) is 5.74. The highest BCUT2D eigenvalue weighted by molar-refractivity contribution is 5.99. The van der Waals surface area contributed by atoms with Crippen LogP contribution in [0.1, 0.15) is 54.8 Å². The van der Waals surface area contributed by atoms with E-state index in [2.05, 4.69) is 42.5 Å². The SMILES string of the molecule is O=C(CC1CCCN1)N1CCN(c2c(C3CC3)cnc3n[nH]c(/C=C/c4cccnc4)c23)CC1. The molecule has 34 heavy (non-hydrogen) atoms. The summed E-state index contributed by atoms with van der Waals surface area (Å²) in [6.45, 7) is 4.23. The smallest absolute Gasteiger partial charge is 0.224 e. The topological polar surface area (TPSA) is 90.0 Å². The van der Waals surface area contributed by atoms with Gasteiger partial charge in [0.15, 0.2) is 5.65 Å². The zero-order valence-corrected chi connectivity index (χ0v) is 19.4. The predicted octanol–water partition coefficient (Wildman–Crippen LogP) is 3.19. The molecule has 1 unspecified atom stereocenters. The summed E-state index contributed by atoms with van der Waals surface area (Å²) in [6, 6.07) is 4.33. The third-order valence-electron chi connectivity index (χ3n) is 7.29. The van der Waals surface area contributed by atoms with E-state index >= 15 is 0 Å². The summed E-state index contributed by atoms with van der Waals surface area (Å²) in [7, 11) is 0. The van der Waals surface area contributed by atoms with Crippen molar-refractivity contribution in [2.45, 2.75) is 44.1 Å². The molecule has 1 atom stereocenters. The Morgan fingerprint density at radius 2 is 2.00 bits per heavy atom. The van der Waals surface area contributed by atoms with Crippen molar-refractivity contribution in [2.24, 2.45) is 0 Å². The predicted molar refractivity (Wildman–Crippen MR) is 133 cm³/mol. The number of amides is 1. The number of carbonyl (C=O) groups excluding carboxylic acids is 1. The zero-order chi connectivity index (χ0) is 22.9. The Morgan fingerprint density at radius 3 is 2.74 bits per heavy atom. The van der Waals surface area contributed by atoms with Gasteiger partial charge >= 0.3 is 0 Å². The second-order valence-electron chi connectivity index (χ2n) is 9.66. The average Bonchev–Trinajstić information content (AvgIpc) is 3.44. The third-order valence-corrected chi connectivity index (χ3v) is 7.29. The number of aromatic nitrogens is 4. The fourth-order valence-electron chi connectivity index (χ4n) is 5.27. The summed E-state index contributed by atoms with van der Waals surface area (Å²) in [6.07, 6.45) is 15.1. The summed E-state index contributed by atoms with van der Waals surface area (Å²) in [5.74, 6) is 0.856. The Morgan fingerprint density at radius 1 is 1.12 bits per heavy atom. The van der Waals surface area contributed by atoms with Crippen LogP contribution in [-0.4, -0.2) is 69.7 Å². The first-order chi connectivity index (χ1) is 16.8. The molecular formula is C26H31N7O. The van der Waals surface area contributed by atoms with E-state index in [0.29, 0.717) is 18.4 Å². The van der Waals surface area contributed by atoms with Gasteiger partial charge in [0.05, 0.1) is 16.8 Å². The van der Waals surface area contributed by atoms with Crippen LogP contribution in [0, 0.1) is 0 Å². The van der Waals surface area contributed by atoms with Gasteiger partial charge in [-0.1, -0.05) is 12.1 Å². The first kappa shape index (κ1) is 21.3. The number of piperazine rings is 1. The maximum absolute atomic E-state index is 12.9. The molecule has 3 aliphatic rings. The number of nitrogens with one attached hydrogen (secondary N) is 2. The monoisotopic (exact) mass is 457 g/mol. The van der Waals surface area contributed by atoms with Crippen molar-refractivity contribution in [2.75, 3.05) is 37.6 Å². The van der Waals surface area contributed by atoms with Crippen molar-refractivity contribution in [3.63, 3.8) is 0 Å². The molecule has 0 spiro atoms. The summed E-state index contributed by atoms with van der Waals surface area (Å²) in [5, 5.41) is 12.2. The highest BCUT2D eigenvalue weighted by Gasteiger charge is 2.33. The standard InChI is InChI=1S/C26H31N7O/c34-23(15-20-4-2-10-28-20)32-11-13-33(14-12-32)25-21(19-6-7-19)17-29-26-24(25)22(30-31-26)8-5-18-3-1-9-27-16-18/h1,3,5,8-9,16-17,19-20,28H,2,4,6-7,10-15H2,(H,29,30,31)/b8-5+. The minimum Gasteiger partial charge on any atom is -0.367 e. The minimum atomic E-state index is 0.282. The van der Waals surface area contributed by atoms with E-state index in [0.717, 1.165) is 61.4 Å². The van der Waals surface area contributed by atoms with Gasteiger partial charge in [-0.15, -0.1) is 0 Å². The van der Waals surface area contributed by atoms with E-state index in [9.17, 15) is 4.79 Å². The lowest BCUT2D eigenvalue weighted by molar-refractivity contribution is -0.131. The van der Waals surface area contributed by atoms with Crippen molar-refractivity contribution in [1.29, 1.82) is 0 Å². The summed E-state index contributed by atoms with van der Waals surface area (Å²) in [5.41, 5.74) is 5.32. The van der Waals surface area contributed by atoms with Gasteiger partial charge in [0, 0.05) is 57.2 Å². The van der Waals surface area contributed by atoms with Crippen molar-refractivity contribution in [3.05, 3.63) is 47.5 Å². The van der Waals surface area contributed by atoms with Gasteiger partial charge in [0.2, 0.25) is 5.91 Å². The normalized spacial score (nSPS) is 21.1. The number of carbonyl (C=O) groups is 1. The van der Waals surface area contributed by atoms with Crippen molar-refractivity contribution in [1.82, 2.24) is 30.4 Å². The van der Waals surface area contributed by atoms with Crippen LogP contribution in [0.2, 0.25) is 0 Å². The molecule has 0 radical (unpaired) electrons. The molecule has 0 aromatic carbocycles. The Balaban J connectivity index is 1.26. The number of aromatic amines is 1. The number of fused-ring (bicyclic) bond motifs is 1. The number of hydrogen-bond acceptors (Lipinski definition) is 6. The highest BCUT2D eigenvalue weighted by Crippen LogP contribution is 2.47. The van der Waals surface area contributed by atoms with Crippen LogP contribution >= 0.6 is 0 Å². The summed E-state index contributed by atoms with van der Waals surface area (Å²) < 4.78 is 0. The summed E-state index contributed by atoms with van der Waals surface area (Å²) in [4.78, 5) is 26.2. The molecule has 8 nitrogen and oxygen atoms in total. The maximum Gasteiger partial charge on any atom is 0.224 e. The number of hydrogen-bond donors (Lipinski definition) is 2. The van der Waals surface area contributed by atoms with Gasteiger partial charge in [-0.2, -0.15) is 5.10 Å². The lowest BCUT2D eigenvalue weighted by atomic mass is 10.0. The fourth-order valence-corrected chi connectivity index (χ4v) is 5.27. The lowest BCUT2D eigenvalue weighted by Crippen LogP contribution is -2.50. The van der Waals surface area contributed by atoms with Crippen LogP contribution in [0.5, 0.6) is 0 Å². The van der Waals surface area contributed by atoms with Gasteiger partial charge in [-0.05, 0) is 61.4 Å². The molecule has 0 bridgehead atoms. The average molecular weight is 458 g/mol. The molecule has 3 fully saturated rings. The molecule has 1 aliphatic carbocycles. The van der Waals surface area contributed by atoms with Crippen LogP contribution in [0.15, 0.2) is 30.7 Å².